The highest BCUT2D eigenvalue weighted by atomic mass is 79.9. The second-order valence-corrected chi connectivity index (χ2v) is 5.57. The Morgan fingerprint density at radius 1 is 1.37 bits per heavy atom. The maximum atomic E-state index is 13.3. The maximum Gasteiger partial charge on any atom is 0.231 e. The van der Waals surface area contributed by atoms with Crippen LogP contribution in [0.2, 0.25) is 0 Å². The third-order valence-electron chi connectivity index (χ3n) is 3.21. The molecule has 19 heavy (non-hydrogen) atoms. The van der Waals surface area contributed by atoms with Gasteiger partial charge in [-0.05, 0) is 37.6 Å². The normalized spacial score (nSPS) is 19.6. The van der Waals surface area contributed by atoms with Crippen LogP contribution in [0.5, 0.6) is 0 Å². The lowest BCUT2D eigenvalue weighted by Gasteiger charge is -2.18. The lowest BCUT2D eigenvalue weighted by atomic mass is 10.00. The third kappa shape index (κ3) is 2.84. The van der Waals surface area contributed by atoms with Crippen molar-refractivity contribution in [1.29, 1.82) is 0 Å². The van der Waals surface area contributed by atoms with Crippen LogP contribution in [0.15, 0.2) is 27.2 Å². The minimum atomic E-state index is -0.324. The minimum Gasteiger partial charge on any atom is -0.339 e. The lowest BCUT2D eigenvalue weighted by Crippen LogP contribution is -2.28. The molecule has 100 valence electrons. The fourth-order valence-corrected chi connectivity index (χ4v) is 2.73. The summed E-state index contributed by atoms with van der Waals surface area (Å²) < 4.78 is 19.3. The molecule has 0 bridgehead atoms. The minimum absolute atomic E-state index is 0.256. The van der Waals surface area contributed by atoms with Crippen LogP contribution in [0.1, 0.15) is 24.7 Å². The van der Waals surface area contributed by atoms with E-state index < -0.39 is 0 Å². The standard InChI is InChI=1S/C13H13BrFN3O/c14-10-4-9(5-11(15)6-10)12-17-13(19-18-12)8-2-1-3-16-7-8/h4-6,8,16H,1-3,7H2/t8-/m1/s1. The Bertz CT molecular complexity index is 561. The number of nitrogens with one attached hydrogen (secondary N) is 1. The fourth-order valence-electron chi connectivity index (χ4n) is 2.26. The van der Waals surface area contributed by atoms with Gasteiger partial charge in [-0.15, -0.1) is 0 Å². The van der Waals surface area contributed by atoms with E-state index in [0.29, 0.717) is 21.8 Å². The molecule has 0 radical (unpaired) electrons. The van der Waals surface area contributed by atoms with E-state index in [9.17, 15) is 4.39 Å². The highest BCUT2D eigenvalue weighted by Gasteiger charge is 2.21. The fraction of sp³-hybridized carbons (Fsp3) is 0.385. The zero-order chi connectivity index (χ0) is 13.2. The van der Waals surface area contributed by atoms with Gasteiger partial charge in [0.15, 0.2) is 0 Å². The average molecular weight is 326 g/mol. The van der Waals surface area contributed by atoms with Gasteiger partial charge in [0.25, 0.3) is 0 Å². The Balaban J connectivity index is 1.87. The van der Waals surface area contributed by atoms with Gasteiger partial charge in [0.1, 0.15) is 5.82 Å². The predicted molar refractivity (Wildman–Crippen MR) is 72.2 cm³/mol. The Labute approximate surface area is 118 Å². The van der Waals surface area contributed by atoms with Gasteiger partial charge in [-0.2, -0.15) is 4.98 Å². The van der Waals surface area contributed by atoms with Crippen molar-refractivity contribution in [2.75, 3.05) is 13.1 Å². The van der Waals surface area contributed by atoms with Crippen molar-refractivity contribution in [2.24, 2.45) is 0 Å². The summed E-state index contributed by atoms with van der Waals surface area (Å²) in [5, 5.41) is 7.25. The van der Waals surface area contributed by atoms with E-state index in [1.54, 1.807) is 6.07 Å². The predicted octanol–water partition coefficient (Wildman–Crippen LogP) is 3.11. The van der Waals surface area contributed by atoms with Crippen molar-refractivity contribution < 1.29 is 8.91 Å². The molecule has 2 heterocycles. The molecular formula is C13H13BrFN3O. The number of benzene rings is 1. The number of halogens is 2. The van der Waals surface area contributed by atoms with Crippen molar-refractivity contribution in [3.8, 4) is 11.4 Å². The van der Waals surface area contributed by atoms with Gasteiger partial charge >= 0.3 is 0 Å². The van der Waals surface area contributed by atoms with E-state index in [1.807, 2.05) is 0 Å². The second kappa shape index (κ2) is 5.38. The number of aromatic nitrogens is 2. The molecule has 0 spiro atoms. The first-order valence-electron chi connectivity index (χ1n) is 6.23. The van der Waals surface area contributed by atoms with Crippen molar-refractivity contribution in [3.05, 3.63) is 34.4 Å². The van der Waals surface area contributed by atoms with Gasteiger partial charge in [-0.25, -0.2) is 4.39 Å². The monoisotopic (exact) mass is 325 g/mol. The topological polar surface area (TPSA) is 51.0 Å². The van der Waals surface area contributed by atoms with Crippen LogP contribution in [0.25, 0.3) is 11.4 Å². The summed E-state index contributed by atoms with van der Waals surface area (Å²) in [6.45, 7) is 1.89. The Morgan fingerprint density at radius 3 is 3.00 bits per heavy atom. The molecule has 1 saturated heterocycles. The Kier molecular flexibility index (Phi) is 3.61. The largest absolute Gasteiger partial charge is 0.339 e. The molecule has 0 unspecified atom stereocenters. The van der Waals surface area contributed by atoms with E-state index >= 15 is 0 Å². The van der Waals surface area contributed by atoms with Gasteiger partial charge in [0, 0.05) is 16.6 Å². The first-order valence-corrected chi connectivity index (χ1v) is 7.02. The summed E-state index contributed by atoms with van der Waals surface area (Å²) in [4.78, 5) is 4.38. The summed E-state index contributed by atoms with van der Waals surface area (Å²) in [6, 6.07) is 4.57. The van der Waals surface area contributed by atoms with E-state index in [-0.39, 0.29) is 11.7 Å². The van der Waals surface area contributed by atoms with E-state index in [2.05, 4.69) is 31.4 Å². The van der Waals surface area contributed by atoms with Gasteiger partial charge in [-0.1, -0.05) is 21.1 Å². The molecule has 1 aliphatic rings. The number of hydrogen-bond donors (Lipinski definition) is 1. The van der Waals surface area contributed by atoms with Crippen LogP contribution in [0.4, 0.5) is 4.39 Å². The zero-order valence-electron chi connectivity index (χ0n) is 10.2. The Morgan fingerprint density at radius 2 is 2.26 bits per heavy atom. The van der Waals surface area contributed by atoms with Crippen molar-refractivity contribution in [3.63, 3.8) is 0 Å². The molecule has 1 aromatic carbocycles. The van der Waals surface area contributed by atoms with E-state index in [4.69, 9.17) is 4.52 Å². The molecule has 4 nitrogen and oxygen atoms in total. The molecule has 6 heteroatoms. The van der Waals surface area contributed by atoms with Crippen LogP contribution >= 0.6 is 15.9 Å². The van der Waals surface area contributed by atoms with E-state index in [1.165, 1.54) is 12.1 Å². The van der Waals surface area contributed by atoms with Crippen molar-refractivity contribution in [2.45, 2.75) is 18.8 Å². The molecule has 1 aliphatic heterocycles. The average Bonchev–Trinajstić information content (AvgIpc) is 2.88. The quantitative estimate of drug-likeness (QED) is 0.921. The van der Waals surface area contributed by atoms with Gasteiger partial charge in [-0.3, -0.25) is 0 Å². The second-order valence-electron chi connectivity index (χ2n) is 4.66. The van der Waals surface area contributed by atoms with Crippen LogP contribution in [0.3, 0.4) is 0 Å². The highest BCUT2D eigenvalue weighted by Crippen LogP contribution is 2.26. The molecule has 0 amide bonds. The summed E-state index contributed by atoms with van der Waals surface area (Å²) in [5.74, 6) is 0.991. The molecule has 1 fully saturated rings. The molecule has 1 N–H and O–H groups in total. The van der Waals surface area contributed by atoms with Crippen LogP contribution in [0, 0.1) is 5.82 Å². The van der Waals surface area contributed by atoms with E-state index in [0.717, 1.165) is 25.9 Å². The number of rotatable bonds is 2. The maximum absolute atomic E-state index is 13.3. The smallest absolute Gasteiger partial charge is 0.231 e. The van der Waals surface area contributed by atoms with Crippen LogP contribution in [-0.2, 0) is 0 Å². The van der Waals surface area contributed by atoms with Crippen molar-refractivity contribution in [1.82, 2.24) is 15.5 Å². The van der Waals surface area contributed by atoms with Crippen LogP contribution in [-0.4, -0.2) is 23.2 Å². The number of nitrogens with zero attached hydrogens (tertiary/aromatic N) is 2. The molecule has 1 aromatic heterocycles. The molecule has 0 saturated carbocycles. The summed E-state index contributed by atoms with van der Waals surface area (Å²) in [7, 11) is 0. The summed E-state index contributed by atoms with van der Waals surface area (Å²) >= 11 is 3.26. The van der Waals surface area contributed by atoms with Gasteiger partial charge in [0.05, 0.1) is 5.92 Å². The lowest BCUT2D eigenvalue weighted by molar-refractivity contribution is 0.322. The van der Waals surface area contributed by atoms with Gasteiger partial charge < -0.3 is 9.84 Å². The first kappa shape index (κ1) is 12.7. The van der Waals surface area contributed by atoms with Crippen LogP contribution < -0.4 is 5.32 Å². The first-order chi connectivity index (χ1) is 9.22. The number of hydrogen-bond acceptors (Lipinski definition) is 4. The summed E-state index contributed by atoms with van der Waals surface area (Å²) in [6.07, 6.45) is 2.15. The highest BCUT2D eigenvalue weighted by molar-refractivity contribution is 9.10. The summed E-state index contributed by atoms with van der Waals surface area (Å²) in [5.41, 5.74) is 0.616. The van der Waals surface area contributed by atoms with Crippen molar-refractivity contribution >= 4 is 15.9 Å². The molecule has 1 atom stereocenters. The molecule has 2 aromatic rings. The molecule has 0 aliphatic carbocycles. The number of piperidine rings is 1. The Hall–Kier alpha value is -1.27. The molecular weight excluding hydrogens is 313 g/mol. The molecule has 3 rings (SSSR count). The third-order valence-corrected chi connectivity index (χ3v) is 3.67. The SMILES string of the molecule is Fc1cc(Br)cc(-c2noc([C@@H]3CCCNC3)n2)c1. The van der Waals surface area contributed by atoms with Gasteiger partial charge in [0.2, 0.25) is 11.7 Å². The zero-order valence-corrected chi connectivity index (χ0v) is 11.8.